The second-order valence-corrected chi connectivity index (χ2v) is 9.54. The van der Waals surface area contributed by atoms with Gasteiger partial charge in [0.15, 0.2) is 5.82 Å². The van der Waals surface area contributed by atoms with Gasteiger partial charge in [-0.15, -0.1) is 0 Å². The molecule has 39 heavy (non-hydrogen) atoms. The summed E-state index contributed by atoms with van der Waals surface area (Å²) in [6, 6.07) is 7.86. The van der Waals surface area contributed by atoms with Crippen molar-refractivity contribution in [1.82, 2.24) is 19.5 Å². The summed E-state index contributed by atoms with van der Waals surface area (Å²) in [4.78, 5) is 6.35. The first-order valence-corrected chi connectivity index (χ1v) is 12.2. The van der Waals surface area contributed by atoms with Crippen LogP contribution in [-0.4, -0.2) is 51.1 Å². The lowest BCUT2D eigenvalue weighted by Crippen LogP contribution is -2.29. The van der Waals surface area contributed by atoms with Gasteiger partial charge in [0, 0.05) is 17.2 Å². The Morgan fingerprint density at radius 3 is 2.41 bits per heavy atom. The predicted molar refractivity (Wildman–Crippen MR) is 137 cm³/mol. The first kappa shape index (κ1) is 26.6. The lowest BCUT2D eigenvalue weighted by atomic mass is 9.93. The maximum absolute atomic E-state index is 15.1. The van der Waals surface area contributed by atoms with Crippen molar-refractivity contribution in [2.24, 2.45) is 0 Å². The van der Waals surface area contributed by atoms with Gasteiger partial charge in [0.25, 0.3) is 0 Å². The molecule has 0 amide bonds. The minimum Gasteiger partial charge on any atom is -0.382 e. The van der Waals surface area contributed by atoms with E-state index >= 15 is 4.39 Å². The molecule has 1 saturated heterocycles. The molecular formula is C26H26F5N7O. The maximum Gasteiger partial charge on any atom is 0.416 e. The van der Waals surface area contributed by atoms with E-state index in [2.05, 4.69) is 32.7 Å². The third kappa shape index (κ3) is 5.45. The Morgan fingerprint density at radius 2 is 1.72 bits per heavy atom. The number of halogens is 5. The second kappa shape index (κ2) is 10.3. The van der Waals surface area contributed by atoms with Crippen LogP contribution in [0.2, 0.25) is 0 Å². The van der Waals surface area contributed by atoms with E-state index < -0.39 is 35.4 Å². The Kier molecular flexibility index (Phi) is 7.03. The molecule has 0 bridgehead atoms. The Bertz CT molecular complexity index is 1500. The number of aliphatic hydroxyl groups excluding tert-OH is 1. The van der Waals surface area contributed by atoms with Gasteiger partial charge in [-0.05, 0) is 74.9 Å². The number of piperidine rings is 1. The number of benzene rings is 2. The summed E-state index contributed by atoms with van der Waals surface area (Å²) in [5, 5.41) is 19.2. The average molecular weight is 548 g/mol. The first-order valence-electron chi connectivity index (χ1n) is 12.2. The van der Waals surface area contributed by atoms with E-state index in [-0.39, 0.29) is 17.4 Å². The van der Waals surface area contributed by atoms with E-state index in [4.69, 9.17) is 5.73 Å². The minimum absolute atomic E-state index is 0.158. The number of rotatable bonds is 6. The highest BCUT2D eigenvalue weighted by atomic mass is 19.4. The molecule has 13 heteroatoms. The van der Waals surface area contributed by atoms with Crippen LogP contribution in [-0.2, 0) is 6.18 Å². The van der Waals surface area contributed by atoms with Gasteiger partial charge in [0.1, 0.15) is 23.5 Å². The van der Waals surface area contributed by atoms with Crippen LogP contribution in [0.3, 0.4) is 0 Å². The normalized spacial score (nSPS) is 16.0. The highest BCUT2D eigenvalue weighted by Crippen LogP contribution is 2.37. The zero-order valence-corrected chi connectivity index (χ0v) is 20.8. The van der Waals surface area contributed by atoms with Gasteiger partial charge in [-0.3, -0.25) is 0 Å². The molecule has 0 spiro atoms. The van der Waals surface area contributed by atoms with Crippen LogP contribution in [0.4, 0.5) is 39.1 Å². The van der Waals surface area contributed by atoms with Crippen molar-refractivity contribution >= 4 is 22.7 Å². The van der Waals surface area contributed by atoms with Gasteiger partial charge in [0.05, 0.1) is 16.9 Å². The fourth-order valence-electron chi connectivity index (χ4n) is 4.85. The molecule has 4 aromatic rings. The monoisotopic (exact) mass is 547 g/mol. The average Bonchev–Trinajstić information content (AvgIpc) is 3.27. The largest absolute Gasteiger partial charge is 0.416 e. The molecule has 1 fully saturated rings. The molecule has 206 valence electrons. The second-order valence-electron chi connectivity index (χ2n) is 9.54. The number of hydrogen-bond acceptors (Lipinski definition) is 7. The molecular weight excluding hydrogens is 521 g/mol. The fraction of sp³-hybridized carbons (Fsp3) is 0.308. The van der Waals surface area contributed by atoms with Gasteiger partial charge >= 0.3 is 6.18 Å². The maximum atomic E-state index is 15.1. The summed E-state index contributed by atoms with van der Waals surface area (Å²) in [6.45, 7) is 1.87. The smallest absolute Gasteiger partial charge is 0.382 e. The van der Waals surface area contributed by atoms with E-state index in [9.17, 15) is 22.7 Å². The molecule has 0 radical (unpaired) electrons. The van der Waals surface area contributed by atoms with Gasteiger partial charge in [0.2, 0.25) is 6.35 Å². The van der Waals surface area contributed by atoms with Crippen LogP contribution in [0.5, 0.6) is 0 Å². The Balaban J connectivity index is 1.40. The van der Waals surface area contributed by atoms with E-state index in [0.29, 0.717) is 34.8 Å². The number of aliphatic hydroxyl groups is 1. The summed E-state index contributed by atoms with van der Waals surface area (Å²) >= 11 is 0. The molecule has 1 aliphatic heterocycles. The number of alkyl halides is 3. The molecule has 5 rings (SSSR count). The van der Waals surface area contributed by atoms with E-state index in [0.717, 1.165) is 31.6 Å². The first-order chi connectivity index (χ1) is 18.5. The zero-order valence-electron chi connectivity index (χ0n) is 20.8. The summed E-state index contributed by atoms with van der Waals surface area (Å²) < 4.78 is 69.8. The molecule has 3 heterocycles. The molecule has 0 saturated carbocycles. The lowest BCUT2D eigenvalue weighted by molar-refractivity contribution is -0.137. The number of hydrogen-bond donors (Lipinski definition) is 4. The summed E-state index contributed by atoms with van der Waals surface area (Å²) in [5.41, 5.74) is 6.96. The Morgan fingerprint density at radius 1 is 1.00 bits per heavy atom. The summed E-state index contributed by atoms with van der Waals surface area (Å²) in [6.07, 6.45) is -3.25. The highest BCUT2D eigenvalue weighted by Gasteiger charge is 2.31. The van der Waals surface area contributed by atoms with Crippen molar-refractivity contribution in [3.63, 3.8) is 0 Å². The van der Waals surface area contributed by atoms with Gasteiger partial charge in [-0.25, -0.2) is 18.3 Å². The van der Waals surface area contributed by atoms with Crippen molar-refractivity contribution in [2.75, 3.05) is 36.5 Å². The fourth-order valence-corrected chi connectivity index (χ4v) is 4.85. The van der Waals surface area contributed by atoms with Crippen molar-refractivity contribution in [3.05, 3.63) is 71.7 Å². The van der Waals surface area contributed by atoms with Gasteiger partial charge in [-0.2, -0.15) is 18.3 Å². The standard InChI is InChI=1S/C26H26F5N7O/c1-37-8-6-14(7-9-37)22-12-17(23-24(32)33-13-34-38(22)23)15-2-5-20(19(28)10-15)35-25(39)36-21-11-16(26(29,30)31)3-4-18(21)27/h2-5,10-14,25,35-36,39H,6-9H2,1H3,(H2,32,33,34). The summed E-state index contributed by atoms with van der Waals surface area (Å²) in [7, 11) is 2.07. The number of anilines is 3. The number of nitrogens with one attached hydrogen (secondary N) is 2. The molecule has 1 unspecified atom stereocenters. The van der Waals surface area contributed by atoms with Crippen LogP contribution in [0.1, 0.15) is 30.0 Å². The third-order valence-corrected chi connectivity index (χ3v) is 6.91. The minimum atomic E-state index is -4.70. The number of fused-ring (bicyclic) bond motifs is 1. The molecule has 5 N–H and O–H groups in total. The molecule has 2 aromatic carbocycles. The van der Waals surface area contributed by atoms with E-state index in [1.807, 2.05) is 6.07 Å². The van der Waals surface area contributed by atoms with E-state index in [1.54, 1.807) is 10.6 Å². The predicted octanol–water partition coefficient (Wildman–Crippen LogP) is 4.88. The van der Waals surface area contributed by atoms with Gasteiger partial charge in [-0.1, -0.05) is 6.07 Å². The topological polar surface area (TPSA) is 104 Å². The number of nitrogens with two attached hydrogens (primary N) is 1. The van der Waals surface area contributed by atoms with Crippen LogP contribution in [0.25, 0.3) is 16.6 Å². The number of aromatic nitrogens is 3. The Hall–Kier alpha value is -3.97. The van der Waals surface area contributed by atoms with Crippen LogP contribution in [0.15, 0.2) is 48.8 Å². The number of nitrogens with zero attached hydrogens (tertiary/aromatic N) is 4. The summed E-state index contributed by atoms with van der Waals surface area (Å²) in [5.74, 6) is -1.29. The van der Waals surface area contributed by atoms with Gasteiger partial charge < -0.3 is 26.4 Å². The lowest BCUT2D eigenvalue weighted by Gasteiger charge is -2.28. The highest BCUT2D eigenvalue weighted by molar-refractivity contribution is 5.88. The van der Waals surface area contributed by atoms with Crippen molar-refractivity contribution < 1.29 is 27.1 Å². The third-order valence-electron chi connectivity index (χ3n) is 6.91. The van der Waals surface area contributed by atoms with Crippen LogP contribution < -0.4 is 16.4 Å². The van der Waals surface area contributed by atoms with Crippen LogP contribution >= 0.6 is 0 Å². The molecule has 8 nitrogen and oxygen atoms in total. The Labute approximate surface area is 220 Å². The van der Waals surface area contributed by atoms with Crippen molar-refractivity contribution in [1.29, 1.82) is 0 Å². The molecule has 1 atom stereocenters. The SMILES string of the molecule is CN1CCC(c2cc(-c3ccc(NC(O)Nc4cc(C(F)(F)F)ccc4F)c(F)c3)c3c(N)ncnn23)CC1. The van der Waals surface area contributed by atoms with E-state index in [1.165, 1.54) is 18.5 Å². The number of nitrogen functional groups attached to an aromatic ring is 1. The zero-order chi connectivity index (χ0) is 27.9. The molecule has 2 aromatic heterocycles. The van der Waals surface area contributed by atoms with Crippen molar-refractivity contribution in [3.8, 4) is 11.1 Å². The van der Waals surface area contributed by atoms with Crippen LogP contribution in [0, 0.1) is 11.6 Å². The number of likely N-dealkylation sites (tertiary alicyclic amines) is 1. The quantitative estimate of drug-likeness (QED) is 0.201. The molecule has 1 aliphatic rings. The van der Waals surface area contributed by atoms with Crippen molar-refractivity contribution in [2.45, 2.75) is 31.3 Å². The molecule has 0 aliphatic carbocycles.